The van der Waals surface area contributed by atoms with Crippen molar-refractivity contribution in [3.8, 4) is 0 Å². The Balaban J connectivity index is 0.00000264. The number of unbranched alkanes of at least 4 members (excludes halogenated alkanes) is 2. The molecule has 0 amide bonds. The van der Waals surface area contributed by atoms with E-state index in [9.17, 15) is 0 Å². The van der Waals surface area contributed by atoms with Crippen molar-refractivity contribution in [1.29, 1.82) is 5.41 Å². The van der Waals surface area contributed by atoms with Crippen molar-refractivity contribution in [2.45, 2.75) is 45.1 Å². The Bertz CT molecular complexity index is 450. The van der Waals surface area contributed by atoms with Gasteiger partial charge in [0.1, 0.15) is 0 Å². The molecule has 1 saturated heterocycles. The van der Waals surface area contributed by atoms with Crippen molar-refractivity contribution in [1.82, 2.24) is 9.80 Å². The molecule has 138 valence electrons. The van der Waals surface area contributed by atoms with Crippen LogP contribution in [0.25, 0.3) is 0 Å². The van der Waals surface area contributed by atoms with Gasteiger partial charge in [0.25, 0.3) is 0 Å². The van der Waals surface area contributed by atoms with Gasteiger partial charge in [-0.1, -0.05) is 36.8 Å². The van der Waals surface area contributed by atoms with Crippen LogP contribution in [-0.4, -0.2) is 41.9 Å². The lowest BCUT2D eigenvalue weighted by Gasteiger charge is -2.30. The summed E-state index contributed by atoms with van der Waals surface area (Å²) in [5.74, 6) is 0.177. The molecule has 3 N–H and O–H groups in total. The highest BCUT2D eigenvalue weighted by atomic mass is 35.5. The van der Waals surface area contributed by atoms with Gasteiger partial charge in [0.15, 0.2) is 5.96 Å². The Morgan fingerprint density at radius 1 is 1.12 bits per heavy atom. The number of nitrogens with one attached hydrogen (secondary N) is 1. The quantitative estimate of drug-likeness (QED) is 0.409. The number of likely N-dealkylation sites (tertiary alicyclic amines) is 1. The third-order valence-electron chi connectivity index (χ3n) is 4.63. The molecule has 24 heavy (non-hydrogen) atoms. The molecule has 4 nitrogen and oxygen atoms in total. The van der Waals surface area contributed by atoms with Gasteiger partial charge in [-0.25, -0.2) is 0 Å². The summed E-state index contributed by atoms with van der Waals surface area (Å²) < 4.78 is 0. The largest absolute Gasteiger partial charge is 0.370 e. The van der Waals surface area contributed by atoms with Crippen LogP contribution in [-0.2, 0) is 0 Å². The molecular formula is C18H32Cl2N4. The molecule has 0 aliphatic carbocycles. The van der Waals surface area contributed by atoms with E-state index in [4.69, 9.17) is 11.1 Å². The lowest BCUT2D eigenvalue weighted by atomic mass is 10.1. The highest BCUT2D eigenvalue weighted by Gasteiger charge is 2.16. The maximum absolute atomic E-state index is 7.84. The van der Waals surface area contributed by atoms with Crippen LogP contribution in [0.5, 0.6) is 0 Å². The fourth-order valence-corrected chi connectivity index (χ4v) is 3.23. The molecule has 1 aliphatic heterocycles. The van der Waals surface area contributed by atoms with E-state index in [-0.39, 0.29) is 36.8 Å². The second kappa shape index (κ2) is 12.4. The molecule has 1 heterocycles. The fourth-order valence-electron chi connectivity index (χ4n) is 3.23. The van der Waals surface area contributed by atoms with Crippen LogP contribution in [0.3, 0.4) is 0 Å². The molecule has 0 aromatic heterocycles. The third kappa shape index (κ3) is 7.29. The molecule has 0 unspecified atom stereocenters. The number of rotatable bonds is 8. The number of hydrogen-bond acceptors (Lipinski definition) is 2. The second-order valence-electron chi connectivity index (χ2n) is 6.27. The zero-order chi connectivity index (χ0) is 15.8. The SMILES string of the molecule is C[C@@H](c1ccccc1)N(CCCCCN1CCCC1)C(=N)N.Cl.Cl. The monoisotopic (exact) mass is 374 g/mol. The third-order valence-corrected chi connectivity index (χ3v) is 4.63. The van der Waals surface area contributed by atoms with Crippen LogP contribution < -0.4 is 5.73 Å². The molecule has 1 atom stereocenters. The molecule has 1 aromatic rings. The highest BCUT2D eigenvalue weighted by Crippen LogP contribution is 2.20. The molecule has 1 aliphatic rings. The maximum atomic E-state index is 7.84. The summed E-state index contributed by atoms with van der Waals surface area (Å²) in [5, 5.41) is 7.84. The molecule has 1 fully saturated rings. The summed E-state index contributed by atoms with van der Waals surface area (Å²) in [4.78, 5) is 4.57. The van der Waals surface area contributed by atoms with Crippen molar-refractivity contribution in [2.75, 3.05) is 26.2 Å². The minimum absolute atomic E-state index is 0. The van der Waals surface area contributed by atoms with Gasteiger partial charge in [-0.3, -0.25) is 5.41 Å². The van der Waals surface area contributed by atoms with Gasteiger partial charge >= 0.3 is 0 Å². The number of guanidine groups is 1. The molecule has 1 aromatic carbocycles. The van der Waals surface area contributed by atoms with Crippen LogP contribution in [0.4, 0.5) is 0 Å². The van der Waals surface area contributed by atoms with E-state index in [2.05, 4.69) is 24.0 Å². The van der Waals surface area contributed by atoms with Gasteiger partial charge in [-0.15, -0.1) is 24.8 Å². The van der Waals surface area contributed by atoms with Gasteiger partial charge in [0.2, 0.25) is 0 Å². The van der Waals surface area contributed by atoms with Crippen molar-refractivity contribution in [3.05, 3.63) is 35.9 Å². The van der Waals surface area contributed by atoms with Crippen LogP contribution in [0, 0.1) is 5.41 Å². The van der Waals surface area contributed by atoms with Crippen molar-refractivity contribution >= 4 is 30.8 Å². The van der Waals surface area contributed by atoms with Gasteiger partial charge in [0.05, 0.1) is 6.04 Å². The average Bonchev–Trinajstić information content (AvgIpc) is 3.04. The standard InChI is InChI=1S/C18H30N4.2ClH/c1-16(17-10-4-2-5-11-17)22(18(19)20)15-7-3-6-12-21-13-8-9-14-21;;/h2,4-5,10-11,16H,3,6-9,12-15H2,1H3,(H3,19,20);2*1H/t16-;;/m0../s1. The van der Waals surface area contributed by atoms with Crippen molar-refractivity contribution < 1.29 is 0 Å². The Morgan fingerprint density at radius 3 is 2.33 bits per heavy atom. The molecule has 0 bridgehead atoms. The smallest absolute Gasteiger partial charge is 0.188 e. The number of halogens is 2. The van der Waals surface area contributed by atoms with E-state index in [1.54, 1.807) is 0 Å². The first-order chi connectivity index (χ1) is 10.7. The molecule has 2 rings (SSSR count). The minimum Gasteiger partial charge on any atom is -0.370 e. The van der Waals surface area contributed by atoms with Crippen LogP contribution in [0.2, 0.25) is 0 Å². The lowest BCUT2D eigenvalue weighted by molar-refractivity contribution is 0.303. The topological polar surface area (TPSA) is 56.4 Å². The number of hydrogen-bond donors (Lipinski definition) is 2. The lowest BCUT2D eigenvalue weighted by Crippen LogP contribution is -2.39. The Kier molecular flexibility index (Phi) is 11.9. The molecule has 0 spiro atoms. The van der Waals surface area contributed by atoms with E-state index < -0.39 is 0 Å². The van der Waals surface area contributed by atoms with Crippen molar-refractivity contribution in [3.63, 3.8) is 0 Å². The van der Waals surface area contributed by atoms with Gasteiger partial charge in [-0.05, 0) is 57.8 Å². The maximum Gasteiger partial charge on any atom is 0.188 e. The molecule has 0 saturated carbocycles. The van der Waals surface area contributed by atoms with Gasteiger partial charge in [0, 0.05) is 6.54 Å². The predicted molar refractivity (Wildman–Crippen MR) is 107 cm³/mol. The van der Waals surface area contributed by atoms with Gasteiger partial charge < -0.3 is 15.5 Å². The van der Waals surface area contributed by atoms with Gasteiger partial charge in [-0.2, -0.15) is 0 Å². The Hall–Kier alpha value is -0.970. The van der Waals surface area contributed by atoms with E-state index in [1.165, 1.54) is 50.9 Å². The highest BCUT2D eigenvalue weighted by molar-refractivity contribution is 5.85. The normalized spacial score (nSPS) is 15.2. The van der Waals surface area contributed by atoms with E-state index >= 15 is 0 Å². The summed E-state index contributed by atoms with van der Waals surface area (Å²) in [5.41, 5.74) is 7.01. The minimum atomic E-state index is 0. The van der Waals surface area contributed by atoms with E-state index in [0.717, 1.165) is 13.0 Å². The van der Waals surface area contributed by atoms with E-state index in [1.807, 2.05) is 23.1 Å². The second-order valence-corrected chi connectivity index (χ2v) is 6.27. The number of nitrogens with two attached hydrogens (primary N) is 1. The molecule has 0 radical (unpaired) electrons. The summed E-state index contributed by atoms with van der Waals surface area (Å²) in [7, 11) is 0. The number of benzene rings is 1. The summed E-state index contributed by atoms with van der Waals surface area (Å²) in [6.45, 7) is 6.79. The number of nitrogens with zero attached hydrogens (tertiary/aromatic N) is 2. The summed E-state index contributed by atoms with van der Waals surface area (Å²) >= 11 is 0. The van der Waals surface area contributed by atoms with Crippen LogP contribution >= 0.6 is 24.8 Å². The first kappa shape index (κ1) is 23.0. The molecule has 6 heteroatoms. The zero-order valence-corrected chi connectivity index (χ0v) is 16.2. The Morgan fingerprint density at radius 2 is 1.75 bits per heavy atom. The zero-order valence-electron chi connectivity index (χ0n) is 14.6. The van der Waals surface area contributed by atoms with Crippen molar-refractivity contribution in [2.24, 2.45) is 5.73 Å². The summed E-state index contributed by atoms with van der Waals surface area (Å²) in [6, 6.07) is 10.5. The Labute approximate surface area is 159 Å². The van der Waals surface area contributed by atoms with Crippen LogP contribution in [0.15, 0.2) is 30.3 Å². The average molecular weight is 375 g/mol. The first-order valence-electron chi connectivity index (χ1n) is 8.56. The van der Waals surface area contributed by atoms with Crippen LogP contribution in [0.1, 0.15) is 50.6 Å². The predicted octanol–water partition coefficient (Wildman–Crippen LogP) is 4.05. The molecular weight excluding hydrogens is 343 g/mol. The first-order valence-corrected chi connectivity index (χ1v) is 8.56. The summed E-state index contributed by atoms with van der Waals surface area (Å²) in [6.07, 6.45) is 6.30. The fraction of sp³-hybridized carbons (Fsp3) is 0.611. The van der Waals surface area contributed by atoms with E-state index in [0.29, 0.717) is 0 Å².